The van der Waals surface area contributed by atoms with Crippen molar-refractivity contribution in [1.82, 2.24) is 0 Å². The van der Waals surface area contributed by atoms with Crippen LogP contribution in [-0.2, 0) is 9.47 Å². The fourth-order valence-corrected chi connectivity index (χ4v) is 5.73. The van der Waals surface area contributed by atoms with Crippen molar-refractivity contribution in [2.75, 3.05) is 13.2 Å². The zero-order valence-electron chi connectivity index (χ0n) is 25.8. The molecule has 0 aliphatic carbocycles. The Balaban J connectivity index is 1.58. The minimum absolute atomic E-state index is 0.449. The lowest BCUT2D eigenvalue weighted by Gasteiger charge is -2.18. The Hall–Kier alpha value is -2.29. The molecule has 0 radical (unpaired) electrons. The summed E-state index contributed by atoms with van der Waals surface area (Å²) in [7, 11) is 0. The van der Waals surface area contributed by atoms with Gasteiger partial charge in [-0.2, -0.15) is 0 Å². The van der Waals surface area contributed by atoms with Crippen LogP contribution in [0.25, 0.3) is 0 Å². The molecule has 3 heteroatoms. The maximum Gasteiger partial charge on any atom is 0.508 e. The summed E-state index contributed by atoms with van der Waals surface area (Å²) in [6.45, 7) is 5.43. The van der Waals surface area contributed by atoms with Crippen LogP contribution in [0.3, 0.4) is 0 Å². The molecule has 224 valence electrons. The molecule has 3 nitrogen and oxygen atoms in total. The molecular formula is C37H58O3. The second-order valence-electron chi connectivity index (χ2n) is 11.6. The van der Waals surface area contributed by atoms with Gasteiger partial charge in [-0.05, 0) is 74.3 Å². The molecule has 0 saturated heterocycles. The van der Waals surface area contributed by atoms with Crippen LogP contribution in [0.1, 0.15) is 152 Å². The highest BCUT2D eigenvalue weighted by Crippen LogP contribution is 2.29. The summed E-state index contributed by atoms with van der Waals surface area (Å²) in [5.74, 6) is 1.21. The van der Waals surface area contributed by atoms with Crippen LogP contribution in [0, 0.1) is 0 Å². The normalized spacial score (nSPS) is 12.7. The quantitative estimate of drug-likeness (QED) is 0.0963. The van der Waals surface area contributed by atoms with Crippen molar-refractivity contribution in [2.45, 2.75) is 141 Å². The third-order valence-electron chi connectivity index (χ3n) is 8.19. The summed E-state index contributed by atoms with van der Waals surface area (Å²) < 4.78 is 10.8. The van der Waals surface area contributed by atoms with E-state index >= 15 is 0 Å². The van der Waals surface area contributed by atoms with Gasteiger partial charge >= 0.3 is 6.16 Å². The zero-order valence-corrected chi connectivity index (χ0v) is 25.8. The number of benzene rings is 2. The highest BCUT2D eigenvalue weighted by molar-refractivity contribution is 5.59. The summed E-state index contributed by atoms with van der Waals surface area (Å²) >= 11 is 0. The molecule has 2 rings (SSSR count). The van der Waals surface area contributed by atoms with Gasteiger partial charge in [0.1, 0.15) is 0 Å². The lowest BCUT2D eigenvalue weighted by atomic mass is 9.88. The Morgan fingerprint density at radius 2 is 0.850 bits per heavy atom. The van der Waals surface area contributed by atoms with Gasteiger partial charge in [0.05, 0.1) is 13.2 Å². The van der Waals surface area contributed by atoms with E-state index in [2.05, 4.69) is 74.5 Å². The van der Waals surface area contributed by atoms with Crippen LogP contribution in [0.15, 0.2) is 60.7 Å². The zero-order chi connectivity index (χ0) is 28.5. The Labute approximate surface area is 246 Å². The maximum atomic E-state index is 12.1. The topological polar surface area (TPSA) is 35.5 Å². The molecule has 2 unspecified atom stereocenters. The Morgan fingerprint density at radius 1 is 0.500 bits per heavy atom. The molecule has 0 fully saturated rings. The van der Waals surface area contributed by atoms with E-state index in [0.717, 1.165) is 38.5 Å². The molecule has 0 amide bonds. The minimum atomic E-state index is -0.508. The standard InChI is InChI=1S/C37H58O3/c1-3-5-7-9-13-23-35(33-25-15-11-16-26-33)29-19-21-31-39-37(38)40-32-22-20-30-36(24-14-10-8-6-4-2)34-27-17-12-18-28-34/h11-12,15-18,25-28,35-36H,3-10,13-14,19-24,29-32H2,1-2H3. The van der Waals surface area contributed by atoms with Gasteiger partial charge < -0.3 is 9.47 Å². The second kappa shape index (κ2) is 23.4. The number of hydrogen-bond donors (Lipinski definition) is 0. The van der Waals surface area contributed by atoms with E-state index in [-0.39, 0.29) is 0 Å². The molecule has 0 aliphatic rings. The average Bonchev–Trinajstić information content (AvgIpc) is 2.99. The summed E-state index contributed by atoms with van der Waals surface area (Å²) in [6, 6.07) is 21.8. The summed E-state index contributed by atoms with van der Waals surface area (Å²) in [6.07, 6.45) is 21.4. The van der Waals surface area contributed by atoms with Crippen molar-refractivity contribution in [1.29, 1.82) is 0 Å². The molecule has 2 aromatic carbocycles. The third kappa shape index (κ3) is 16.1. The fourth-order valence-electron chi connectivity index (χ4n) is 5.73. The number of unbranched alkanes of at least 4 members (excludes halogenated alkanes) is 10. The van der Waals surface area contributed by atoms with E-state index in [1.165, 1.54) is 88.2 Å². The van der Waals surface area contributed by atoms with Crippen LogP contribution in [0.4, 0.5) is 4.79 Å². The van der Waals surface area contributed by atoms with E-state index in [9.17, 15) is 4.79 Å². The fraction of sp³-hybridized carbons (Fsp3) is 0.649. The van der Waals surface area contributed by atoms with E-state index in [4.69, 9.17) is 9.47 Å². The highest BCUT2D eigenvalue weighted by Gasteiger charge is 2.13. The minimum Gasteiger partial charge on any atom is -0.434 e. The molecule has 0 heterocycles. The van der Waals surface area contributed by atoms with Gasteiger partial charge in [0.2, 0.25) is 0 Å². The lowest BCUT2D eigenvalue weighted by molar-refractivity contribution is 0.0527. The number of carbonyl (C=O) groups excluding carboxylic acids is 1. The summed E-state index contributed by atoms with van der Waals surface area (Å²) in [5.41, 5.74) is 2.90. The first-order valence-corrected chi connectivity index (χ1v) is 16.6. The van der Waals surface area contributed by atoms with Gasteiger partial charge in [0, 0.05) is 0 Å². The van der Waals surface area contributed by atoms with Gasteiger partial charge in [0.25, 0.3) is 0 Å². The Kier molecular flexibility index (Phi) is 19.9. The van der Waals surface area contributed by atoms with Crippen LogP contribution in [0.2, 0.25) is 0 Å². The van der Waals surface area contributed by atoms with Crippen molar-refractivity contribution in [3.63, 3.8) is 0 Å². The van der Waals surface area contributed by atoms with Crippen molar-refractivity contribution >= 4 is 6.16 Å². The molecular weight excluding hydrogens is 492 g/mol. The first-order chi connectivity index (χ1) is 19.7. The third-order valence-corrected chi connectivity index (χ3v) is 8.19. The molecule has 0 N–H and O–H groups in total. The van der Waals surface area contributed by atoms with Crippen LogP contribution in [-0.4, -0.2) is 19.4 Å². The first kappa shape index (κ1) is 33.9. The number of hydrogen-bond acceptors (Lipinski definition) is 3. The van der Waals surface area contributed by atoms with Crippen molar-refractivity contribution < 1.29 is 14.3 Å². The molecule has 0 aliphatic heterocycles. The SMILES string of the molecule is CCCCCCCC(CCCCOC(=O)OCCCCC(CCCCCCC)c1ccccc1)c1ccccc1. The predicted molar refractivity (Wildman–Crippen MR) is 170 cm³/mol. The predicted octanol–water partition coefficient (Wildman–Crippen LogP) is 11.8. The molecule has 0 aromatic heterocycles. The van der Waals surface area contributed by atoms with E-state index in [1.807, 2.05) is 0 Å². The Morgan fingerprint density at radius 3 is 1.23 bits per heavy atom. The molecule has 2 aromatic rings. The van der Waals surface area contributed by atoms with Crippen LogP contribution in [0.5, 0.6) is 0 Å². The maximum absolute atomic E-state index is 12.1. The second-order valence-corrected chi connectivity index (χ2v) is 11.6. The van der Waals surface area contributed by atoms with Crippen molar-refractivity contribution in [2.24, 2.45) is 0 Å². The van der Waals surface area contributed by atoms with Crippen molar-refractivity contribution in [3.05, 3.63) is 71.8 Å². The van der Waals surface area contributed by atoms with Gasteiger partial charge in [-0.1, -0.05) is 139 Å². The van der Waals surface area contributed by atoms with Gasteiger partial charge in [-0.3, -0.25) is 0 Å². The number of carbonyl (C=O) groups is 1. The first-order valence-electron chi connectivity index (χ1n) is 16.6. The molecule has 0 saturated carbocycles. The molecule has 2 atom stereocenters. The number of rotatable bonds is 24. The molecule has 0 bridgehead atoms. The summed E-state index contributed by atoms with van der Waals surface area (Å²) in [4.78, 5) is 12.1. The monoisotopic (exact) mass is 550 g/mol. The molecule has 40 heavy (non-hydrogen) atoms. The molecule has 0 spiro atoms. The Bertz CT molecular complexity index is 766. The van der Waals surface area contributed by atoms with E-state index in [0.29, 0.717) is 25.0 Å². The van der Waals surface area contributed by atoms with Gasteiger partial charge in [0.15, 0.2) is 0 Å². The van der Waals surface area contributed by atoms with E-state index < -0.39 is 6.16 Å². The van der Waals surface area contributed by atoms with Crippen molar-refractivity contribution in [3.8, 4) is 0 Å². The summed E-state index contributed by atoms with van der Waals surface area (Å²) in [5, 5.41) is 0. The van der Waals surface area contributed by atoms with Gasteiger partial charge in [-0.25, -0.2) is 4.79 Å². The largest absolute Gasteiger partial charge is 0.508 e. The van der Waals surface area contributed by atoms with Crippen LogP contribution >= 0.6 is 0 Å². The van der Waals surface area contributed by atoms with Gasteiger partial charge in [-0.15, -0.1) is 0 Å². The smallest absolute Gasteiger partial charge is 0.434 e. The number of ether oxygens (including phenoxy) is 2. The van der Waals surface area contributed by atoms with Crippen LogP contribution < -0.4 is 0 Å². The average molecular weight is 551 g/mol. The van der Waals surface area contributed by atoms with E-state index in [1.54, 1.807) is 0 Å². The lowest BCUT2D eigenvalue weighted by Crippen LogP contribution is -2.10. The highest BCUT2D eigenvalue weighted by atomic mass is 16.7.